The third-order valence-corrected chi connectivity index (χ3v) is 5.49. The second-order valence-corrected chi connectivity index (χ2v) is 8.44. The molecule has 1 fully saturated rings. The number of hydrogen-bond donors (Lipinski definition) is 1. The van der Waals surface area contributed by atoms with Gasteiger partial charge in [0.2, 0.25) is 0 Å². The predicted octanol–water partition coefficient (Wildman–Crippen LogP) is 1.09. The van der Waals surface area contributed by atoms with Crippen molar-refractivity contribution in [1.29, 1.82) is 0 Å². The summed E-state index contributed by atoms with van der Waals surface area (Å²) in [6.45, 7) is 2.48. The molecule has 1 aliphatic heterocycles. The van der Waals surface area contributed by atoms with Crippen LogP contribution in [0.1, 0.15) is 12.8 Å². The van der Waals surface area contributed by atoms with Gasteiger partial charge in [-0.2, -0.15) is 0 Å². The van der Waals surface area contributed by atoms with Crippen LogP contribution in [-0.4, -0.2) is 32.1 Å². The average molecular weight is 256 g/mol. The fraction of sp³-hybridized carbons (Fsp3) is 1.00. The summed E-state index contributed by atoms with van der Waals surface area (Å²) in [5, 5.41) is 0. The molecule has 0 bridgehead atoms. The summed E-state index contributed by atoms with van der Waals surface area (Å²) in [5.41, 5.74) is 5.85. The fourth-order valence-corrected chi connectivity index (χ4v) is 3.87. The number of nitrogens with two attached hydrogens (primary N) is 1. The molecule has 0 saturated carbocycles. The maximum atomic E-state index is 5.85. The summed E-state index contributed by atoms with van der Waals surface area (Å²) in [5.74, 6) is 0. The third-order valence-electron chi connectivity index (χ3n) is 1.89. The van der Waals surface area contributed by atoms with Crippen molar-refractivity contribution in [2.45, 2.75) is 18.9 Å². The SMILES string of the molecule is CI(C)N1CCCC(N)C1. The van der Waals surface area contributed by atoms with Gasteiger partial charge >= 0.3 is 70.8 Å². The van der Waals surface area contributed by atoms with E-state index >= 15 is 0 Å². The first kappa shape index (κ1) is 8.74. The molecule has 1 aliphatic rings. The average Bonchev–Trinajstić information content (AvgIpc) is 1.88. The topological polar surface area (TPSA) is 29.3 Å². The number of piperidine rings is 1. The first-order chi connectivity index (χ1) is 4.70. The van der Waals surface area contributed by atoms with Crippen LogP contribution < -0.4 is 5.73 Å². The predicted molar refractivity (Wildman–Crippen MR) is 54.7 cm³/mol. The molecule has 0 radical (unpaired) electrons. The molecule has 1 rings (SSSR count). The van der Waals surface area contributed by atoms with Gasteiger partial charge in [0.1, 0.15) is 0 Å². The van der Waals surface area contributed by atoms with E-state index in [1.807, 2.05) is 0 Å². The van der Waals surface area contributed by atoms with Crippen molar-refractivity contribution in [2.24, 2.45) is 5.73 Å². The number of alkyl halides is 2. The van der Waals surface area contributed by atoms with Gasteiger partial charge in [0.15, 0.2) is 0 Å². The van der Waals surface area contributed by atoms with Crippen LogP contribution >= 0.6 is 20.1 Å². The van der Waals surface area contributed by atoms with E-state index < -0.39 is 20.1 Å². The molecular formula is C7H17IN2. The molecule has 2 nitrogen and oxygen atoms in total. The van der Waals surface area contributed by atoms with Crippen LogP contribution in [0.2, 0.25) is 0 Å². The van der Waals surface area contributed by atoms with Crippen LogP contribution in [0.5, 0.6) is 0 Å². The molecule has 62 valence electrons. The van der Waals surface area contributed by atoms with Crippen LogP contribution in [0.15, 0.2) is 0 Å². The standard InChI is InChI=1S/C7H17IN2/c1-8(2)10-5-3-4-7(9)6-10/h7H,3-6,9H2,1-2H3. The van der Waals surface area contributed by atoms with Crippen molar-refractivity contribution >= 4 is 20.1 Å². The van der Waals surface area contributed by atoms with Gasteiger partial charge in [-0.3, -0.25) is 0 Å². The van der Waals surface area contributed by atoms with Crippen molar-refractivity contribution in [3.05, 3.63) is 0 Å². The van der Waals surface area contributed by atoms with Crippen LogP contribution in [0, 0.1) is 0 Å². The Labute approximate surface area is 70.9 Å². The summed E-state index contributed by atoms with van der Waals surface area (Å²) < 4.78 is 2.61. The summed E-state index contributed by atoms with van der Waals surface area (Å²) in [4.78, 5) is 4.78. The van der Waals surface area contributed by atoms with Crippen molar-refractivity contribution in [3.63, 3.8) is 0 Å². The maximum absolute atomic E-state index is 5.85. The van der Waals surface area contributed by atoms with Gasteiger partial charge < -0.3 is 0 Å². The van der Waals surface area contributed by atoms with Crippen molar-refractivity contribution in [3.8, 4) is 0 Å². The molecule has 1 unspecified atom stereocenters. The number of hydrogen-bond acceptors (Lipinski definition) is 2. The van der Waals surface area contributed by atoms with Crippen LogP contribution in [0.25, 0.3) is 0 Å². The molecule has 0 aromatic heterocycles. The van der Waals surface area contributed by atoms with Crippen LogP contribution in [0.3, 0.4) is 0 Å². The van der Waals surface area contributed by atoms with Crippen molar-refractivity contribution < 1.29 is 0 Å². The normalized spacial score (nSPS) is 30.3. The number of halogens is 1. The van der Waals surface area contributed by atoms with Crippen LogP contribution in [0.4, 0.5) is 0 Å². The molecule has 0 aromatic rings. The van der Waals surface area contributed by atoms with Crippen molar-refractivity contribution in [1.82, 2.24) is 3.11 Å². The summed E-state index contributed by atoms with van der Waals surface area (Å²) in [6, 6.07) is 0.466. The minimum atomic E-state index is -0.692. The quantitative estimate of drug-likeness (QED) is 0.432. The van der Waals surface area contributed by atoms with E-state index in [9.17, 15) is 0 Å². The Morgan fingerprint density at radius 1 is 1.50 bits per heavy atom. The second-order valence-electron chi connectivity index (χ2n) is 2.99. The minimum absolute atomic E-state index is 0.466. The van der Waals surface area contributed by atoms with E-state index in [-0.39, 0.29) is 0 Å². The zero-order valence-electron chi connectivity index (χ0n) is 6.81. The number of rotatable bonds is 1. The molecule has 10 heavy (non-hydrogen) atoms. The first-order valence-corrected chi connectivity index (χ1v) is 8.99. The van der Waals surface area contributed by atoms with E-state index in [2.05, 4.69) is 13.0 Å². The molecule has 1 atom stereocenters. The van der Waals surface area contributed by atoms with Gasteiger partial charge in [0, 0.05) is 0 Å². The molecule has 3 heteroatoms. The van der Waals surface area contributed by atoms with Gasteiger partial charge in [0.05, 0.1) is 0 Å². The van der Waals surface area contributed by atoms with E-state index in [0.29, 0.717) is 6.04 Å². The van der Waals surface area contributed by atoms with E-state index in [1.165, 1.54) is 19.4 Å². The van der Waals surface area contributed by atoms with Gasteiger partial charge in [-0.1, -0.05) is 0 Å². The third kappa shape index (κ3) is 2.36. The van der Waals surface area contributed by atoms with E-state index in [4.69, 9.17) is 5.73 Å². The molecule has 2 N–H and O–H groups in total. The monoisotopic (exact) mass is 256 g/mol. The second kappa shape index (κ2) is 3.88. The zero-order chi connectivity index (χ0) is 7.56. The van der Waals surface area contributed by atoms with Gasteiger partial charge in [-0.25, -0.2) is 0 Å². The Kier molecular flexibility index (Phi) is 3.39. The fourth-order valence-electron chi connectivity index (χ4n) is 1.27. The zero-order valence-corrected chi connectivity index (χ0v) is 8.97. The Morgan fingerprint density at radius 3 is 2.60 bits per heavy atom. The molecular weight excluding hydrogens is 239 g/mol. The molecule has 0 spiro atoms. The Hall–Kier alpha value is 0.650. The number of nitrogens with zero attached hydrogens (tertiary/aromatic N) is 1. The Balaban J connectivity index is 2.32. The van der Waals surface area contributed by atoms with E-state index in [1.54, 1.807) is 0 Å². The summed E-state index contributed by atoms with van der Waals surface area (Å²) in [7, 11) is 0. The van der Waals surface area contributed by atoms with E-state index in [0.717, 1.165) is 6.54 Å². The summed E-state index contributed by atoms with van der Waals surface area (Å²) >= 11 is -0.692. The van der Waals surface area contributed by atoms with Gasteiger partial charge in [0.25, 0.3) is 0 Å². The van der Waals surface area contributed by atoms with Crippen molar-refractivity contribution in [2.75, 3.05) is 23.0 Å². The molecule has 0 aromatic carbocycles. The van der Waals surface area contributed by atoms with Gasteiger partial charge in [-0.15, -0.1) is 0 Å². The van der Waals surface area contributed by atoms with Gasteiger partial charge in [-0.05, 0) is 0 Å². The molecule has 0 amide bonds. The Morgan fingerprint density at radius 2 is 2.20 bits per heavy atom. The summed E-state index contributed by atoms with van der Waals surface area (Å²) in [6.07, 6.45) is 2.55. The molecule has 1 heterocycles. The Bertz CT molecular complexity index is 106. The van der Waals surface area contributed by atoms with Crippen LogP contribution in [-0.2, 0) is 0 Å². The first-order valence-electron chi connectivity index (χ1n) is 3.71. The molecule has 0 aliphatic carbocycles. The molecule has 1 saturated heterocycles.